The number of nitrogens with one attached hydrogen (secondary N) is 1. The molecule has 1 aliphatic heterocycles. The van der Waals surface area contributed by atoms with Crippen molar-refractivity contribution in [3.8, 4) is 17.1 Å². The Morgan fingerprint density at radius 1 is 1.25 bits per heavy atom. The van der Waals surface area contributed by atoms with Crippen LogP contribution in [-0.4, -0.2) is 36.1 Å². The number of carbonyl (C=O) groups is 1. The van der Waals surface area contributed by atoms with Crippen LogP contribution in [0.2, 0.25) is 0 Å². The topological polar surface area (TPSA) is 98.2 Å². The number of pyridine rings is 1. The van der Waals surface area contributed by atoms with Crippen LogP contribution in [0.5, 0.6) is 5.88 Å². The number of halogens is 5. The van der Waals surface area contributed by atoms with E-state index in [0.29, 0.717) is 18.6 Å². The predicted octanol–water partition coefficient (Wildman–Crippen LogP) is 7.68. The molecule has 0 aliphatic carbocycles. The normalized spacial score (nSPS) is 15.9. The Morgan fingerprint density at radius 2 is 1.80 bits per heavy atom. The van der Waals surface area contributed by atoms with Crippen molar-refractivity contribution in [2.24, 2.45) is 11.8 Å². The molecule has 0 radical (unpaired) electrons. The number of hydrogen-bond donors (Lipinski definition) is 1. The van der Waals surface area contributed by atoms with Crippen molar-refractivity contribution in [2.45, 2.75) is 65.8 Å². The molecule has 3 N–H and O–H groups in total. The minimum absolute atomic E-state index is 0. The minimum Gasteiger partial charge on any atom is -0.701 e. The first-order valence-corrected chi connectivity index (χ1v) is 12.6. The summed E-state index contributed by atoms with van der Waals surface area (Å²) in [5.41, 5.74) is 7.82. The van der Waals surface area contributed by atoms with Gasteiger partial charge in [-0.05, 0) is 36.5 Å². The fraction of sp³-hybridized carbons (Fsp3) is 0.500. The summed E-state index contributed by atoms with van der Waals surface area (Å²) in [4.78, 5) is 15.6. The van der Waals surface area contributed by atoms with Gasteiger partial charge in [-0.2, -0.15) is 20.1 Å². The molecule has 6 nitrogen and oxygen atoms in total. The van der Waals surface area contributed by atoms with E-state index in [1.807, 2.05) is 27.7 Å². The summed E-state index contributed by atoms with van der Waals surface area (Å²) < 4.78 is 82.1. The van der Waals surface area contributed by atoms with Gasteiger partial charge in [0.2, 0.25) is 5.88 Å². The predicted molar refractivity (Wildman–Crippen MR) is 142 cm³/mol. The molecule has 3 rings (SSSR count). The van der Waals surface area contributed by atoms with Crippen LogP contribution >= 0.6 is 0 Å². The molecule has 3 atom stereocenters. The van der Waals surface area contributed by atoms with Gasteiger partial charge in [0.1, 0.15) is 17.3 Å². The number of anilines is 1. The maximum absolute atomic E-state index is 15.0. The summed E-state index contributed by atoms with van der Waals surface area (Å²) in [6, 6.07) is 0.499. The number of nitrogens with two attached hydrogens (primary N) is 1. The zero-order chi connectivity index (χ0) is 30.3. The van der Waals surface area contributed by atoms with Gasteiger partial charge < -0.3 is 34.8 Å². The van der Waals surface area contributed by atoms with Gasteiger partial charge in [-0.15, -0.1) is 0 Å². The van der Waals surface area contributed by atoms with E-state index in [9.17, 15) is 26.7 Å². The second kappa shape index (κ2) is 15.8. The largest absolute Gasteiger partial charge is 0.701 e. The third kappa shape index (κ3) is 7.79. The molecule has 0 saturated carbocycles. The van der Waals surface area contributed by atoms with E-state index in [1.165, 1.54) is 0 Å². The van der Waals surface area contributed by atoms with Crippen molar-refractivity contribution < 1.29 is 57.3 Å². The van der Waals surface area contributed by atoms with Crippen molar-refractivity contribution in [1.82, 2.24) is 4.98 Å². The van der Waals surface area contributed by atoms with Gasteiger partial charge >= 0.3 is 6.18 Å². The number of nitrogen functional groups attached to an aromatic ring is 1. The number of hydrogen-bond acceptors (Lipinski definition) is 5. The maximum Gasteiger partial charge on any atom is 0.417 e. The van der Waals surface area contributed by atoms with Crippen LogP contribution in [0.25, 0.3) is 17.0 Å². The standard InChI is InChI=1S/C24H26F5N3O3.C2H6.C2H5.W/c1-5-11(2)18(13(4)30)23(9-34-10-23)35-22-14(8-33)6-16(25)21(32-22)15-7-17(31)20(26)12(3)19(15)24(27,28)29;2*1-2;/h6-8,11,13,18,30H,4-5,9-10,31H2,1-3H3;1-2H3;1H2,2H3;/q-2;;-1;. The average molecular weight is 742 g/mol. The summed E-state index contributed by atoms with van der Waals surface area (Å²) in [6.07, 6.45) is -4.12. The molecule has 2 aromatic rings. The van der Waals surface area contributed by atoms with E-state index in [2.05, 4.69) is 18.8 Å². The number of aldehydes is 1. The van der Waals surface area contributed by atoms with Gasteiger partial charge in [0.25, 0.3) is 0 Å². The van der Waals surface area contributed by atoms with Gasteiger partial charge in [-0.1, -0.05) is 34.1 Å². The SMILES string of the molecule is CC.[CH2-]C.[CH2-]C([NH-])C(C(C)CC)C1(Oc2nc(-c3cc(N)c(F)c(C)c3C(F)(F)F)c(F)cc2C=O)COC1.[W]. The summed E-state index contributed by atoms with van der Waals surface area (Å²) in [5.74, 6) is -3.49. The van der Waals surface area contributed by atoms with Gasteiger partial charge in [-0.25, -0.2) is 13.8 Å². The Bertz CT molecular complexity index is 1130. The van der Waals surface area contributed by atoms with E-state index in [-0.39, 0.29) is 52.0 Å². The molecule has 40 heavy (non-hydrogen) atoms. The van der Waals surface area contributed by atoms with Crippen LogP contribution in [-0.2, 0) is 32.0 Å². The Labute approximate surface area is 247 Å². The van der Waals surface area contributed by atoms with E-state index < -0.39 is 69.3 Å². The molecule has 1 aliphatic rings. The first kappa shape index (κ1) is 37.9. The van der Waals surface area contributed by atoms with Gasteiger partial charge in [0.05, 0.1) is 30.0 Å². The summed E-state index contributed by atoms with van der Waals surface area (Å²) in [5, 5.41) is 0. The first-order chi connectivity index (χ1) is 18.3. The fourth-order valence-corrected chi connectivity index (χ4v) is 4.56. The van der Waals surface area contributed by atoms with Crippen LogP contribution in [0.15, 0.2) is 12.1 Å². The Morgan fingerprint density at radius 3 is 2.20 bits per heavy atom. The molecule has 0 bridgehead atoms. The first-order valence-electron chi connectivity index (χ1n) is 12.6. The quantitative estimate of drug-likeness (QED) is 0.130. The zero-order valence-corrected chi connectivity index (χ0v) is 26.5. The van der Waals surface area contributed by atoms with Crippen molar-refractivity contribution in [1.29, 1.82) is 0 Å². The minimum atomic E-state index is -5.05. The number of aromatic nitrogens is 1. The second-order valence-corrected chi connectivity index (χ2v) is 8.83. The third-order valence-electron chi connectivity index (χ3n) is 6.45. The molecule has 1 aromatic carbocycles. The molecule has 1 fully saturated rings. The number of carbonyl (C=O) groups excluding carboxylic acids is 1. The van der Waals surface area contributed by atoms with Crippen molar-refractivity contribution in [3.05, 3.63) is 60.0 Å². The van der Waals surface area contributed by atoms with Gasteiger partial charge in [0.15, 0.2) is 11.9 Å². The van der Waals surface area contributed by atoms with E-state index in [4.69, 9.17) is 20.9 Å². The monoisotopic (exact) mass is 742 g/mol. The smallest absolute Gasteiger partial charge is 0.417 e. The van der Waals surface area contributed by atoms with Crippen LogP contribution in [0, 0.1) is 44.2 Å². The number of alkyl halides is 3. The van der Waals surface area contributed by atoms with Gasteiger partial charge in [-0.3, -0.25) is 10.8 Å². The number of nitrogens with zero attached hydrogens (tertiary/aromatic N) is 1. The van der Waals surface area contributed by atoms with Crippen molar-refractivity contribution >= 4 is 12.0 Å². The summed E-state index contributed by atoms with van der Waals surface area (Å²) in [6.45, 7) is 17.5. The maximum atomic E-state index is 15.0. The molecule has 12 heteroatoms. The molecular formula is C28H37F5N3O3W-3. The fourth-order valence-electron chi connectivity index (χ4n) is 4.56. The number of rotatable bonds is 8. The number of benzene rings is 1. The van der Waals surface area contributed by atoms with Crippen LogP contribution in [0.3, 0.4) is 0 Å². The van der Waals surface area contributed by atoms with Crippen LogP contribution < -0.4 is 10.5 Å². The van der Waals surface area contributed by atoms with Crippen LogP contribution in [0.1, 0.15) is 62.5 Å². The van der Waals surface area contributed by atoms with E-state index in [1.54, 1.807) is 6.92 Å². The third-order valence-corrected chi connectivity index (χ3v) is 6.45. The Kier molecular flexibility index (Phi) is 14.9. The van der Waals surface area contributed by atoms with Gasteiger partial charge in [0, 0.05) is 26.6 Å². The molecule has 226 valence electrons. The average Bonchev–Trinajstić information content (AvgIpc) is 2.87. The van der Waals surface area contributed by atoms with Crippen molar-refractivity contribution in [3.63, 3.8) is 0 Å². The molecule has 1 aromatic heterocycles. The van der Waals surface area contributed by atoms with E-state index >= 15 is 0 Å². The van der Waals surface area contributed by atoms with E-state index in [0.717, 1.165) is 6.92 Å². The Balaban J connectivity index is 0.00000291. The molecule has 0 amide bonds. The number of ether oxygens (including phenoxy) is 2. The molecule has 2 heterocycles. The summed E-state index contributed by atoms with van der Waals surface area (Å²) >= 11 is 0. The van der Waals surface area contributed by atoms with Crippen LogP contribution in [0.4, 0.5) is 27.6 Å². The molecule has 0 spiro atoms. The molecule has 3 unspecified atom stereocenters. The van der Waals surface area contributed by atoms with Crippen molar-refractivity contribution in [2.75, 3.05) is 18.9 Å². The zero-order valence-electron chi connectivity index (χ0n) is 23.5. The molecular weight excluding hydrogens is 705 g/mol. The summed E-state index contributed by atoms with van der Waals surface area (Å²) in [7, 11) is 0. The second-order valence-electron chi connectivity index (χ2n) is 8.83. The molecule has 1 saturated heterocycles. The Hall–Kier alpha value is -2.10.